The molecule has 2 aromatic rings. The first-order valence-electron chi connectivity index (χ1n) is 5.80. The van der Waals surface area contributed by atoms with Crippen molar-refractivity contribution in [3.8, 4) is 0 Å². The molecule has 1 heterocycles. The first kappa shape index (κ1) is 13.1. The van der Waals surface area contributed by atoms with Crippen LogP contribution in [0.2, 0.25) is 5.02 Å². The molecule has 2 nitrogen and oxygen atoms in total. The van der Waals surface area contributed by atoms with E-state index < -0.39 is 6.10 Å². The second-order valence-corrected chi connectivity index (χ2v) is 4.52. The number of furan rings is 1. The number of aliphatic hydroxyl groups excluding tert-OH is 1. The molecular formula is C14H14ClFO2. The molecule has 0 saturated heterocycles. The molecule has 0 spiro atoms. The summed E-state index contributed by atoms with van der Waals surface area (Å²) in [5.74, 6) is 0.950. The lowest BCUT2D eigenvalue weighted by Crippen LogP contribution is -2.01. The van der Waals surface area contributed by atoms with Crippen LogP contribution in [0.5, 0.6) is 0 Å². The largest absolute Gasteiger partial charge is 0.463 e. The van der Waals surface area contributed by atoms with Gasteiger partial charge < -0.3 is 9.52 Å². The summed E-state index contributed by atoms with van der Waals surface area (Å²) in [6.07, 6.45) is 0.313. The SMILES string of the molecule is CCc1ccc(C(O)Cc2ccc(F)cc2Cl)o1. The molecule has 0 aliphatic carbocycles. The van der Waals surface area contributed by atoms with E-state index in [2.05, 4.69) is 0 Å². The summed E-state index contributed by atoms with van der Waals surface area (Å²) in [5.41, 5.74) is 0.694. The Morgan fingerprint density at radius 1 is 1.33 bits per heavy atom. The normalized spacial score (nSPS) is 12.7. The summed E-state index contributed by atoms with van der Waals surface area (Å²) in [7, 11) is 0. The molecule has 0 saturated carbocycles. The Morgan fingerprint density at radius 3 is 2.72 bits per heavy atom. The van der Waals surface area contributed by atoms with E-state index in [4.69, 9.17) is 16.0 Å². The number of aliphatic hydroxyl groups is 1. The molecule has 1 N–H and O–H groups in total. The predicted octanol–water partition coefficient (Wildman–Crippen LogP) is 3.91. The Bertz CT molecular complexity index is 536. The molecule has 0 bridgehead atoms. The summed E-state index contributed by atoms with van der Waals surface area (Å²) < 4.78 is 18.4. The van der Waals surface area contributed by atoms with Crippen LogP contribution >= 0.6 is 11.6 Å². The molecule has 1 aromatic heterocycles. The molecule has 0 aliphatic rings. The number of benzene rings is 1. The van der Waals surface area contributed by atoms with Crippen LogP contribution < -0.4 is 0 Å². The standard InChI is InChI=1S/C14H14ClFO2/c1-2-11-5-6-14(18-11)13(17)7-9-3-4-10(16)8-12(9)15/h3-6,8,13,17H,2,7H2,1H3. The average Bonchev–Trinajstić information content (AvgIpc) is 2.81. The summed E-state index contributed by atoms with van der Waals surface area (Å²) >= 11 is 5.91. The van der Waals surface area contributed by atoms with Crippen molar-refractivity contribution in [3.05, 3.63) is 58.3 Å². The van der Waals surface area contributed by atoms with Gasteiger partial charge in [-0.3, -0.25) is 0 Å². The fraction of sp³-hybridized carbons (Fsp3) is 0.286. The van der Waals surface area contributed by atoms with E-state index >= 15 is 0 Å². The highest BCUT2D eigenvalue weighted by molar-refractivity contribution is 6.31. The van der Waals surface area contributed by atoms with Crippen LogP contribution in [0.4, 0.5) is 4.39 Å². The third-order valence-electron chi connectivity index (χ3n) is 2.79. The first-order valence-corrected chi connectivity index (χ1v) is 6.18. The van der Waals surface area contributed by atoms with Gasteiger partial charge in [0.05, 0.1) is 0 Å². The lowest BCUT2D eigenvalue weighted by Gasteiger charge is -2.09. The molecule has 4 heteroatoms. The number of rotatable bonds is 4. The number of hydrogen-bond donors (Lipinski definition) is 1. The highest BCUT2D eigenvalue weighted by Crippen LogP contribution is 2.25. The van der Waals surface area contributed by atoms with Crippen LogP contribution in [-0.4, -0.2) is 5.11 Å². The maximum Gasteiger partial charge on any atom is 0.133 e. The van der Waals surface area contributed by atoms with Gasteiger partial charge in [-0.2, -0.15) is 0 Å². The fourth-order valence-corrected chi connectivity index (χ4v) is 2.00. The molecule has 0 fully saturated rings. The van der Waals surface area contributed by atoms with E-state index in [1.165, 1.54) is 12.1 Å². The van der Waals surface area contributed by atoms with Crippen LogP contribution in [0, 0.1) is 5.82 Å². The second-order valence-electron chi connectivity index (χ2n) is 4.11. The van der Waals surface area contributed by atoms with E-state index in [0.29, 0.717) is 22.8 Å². The van der Waals surface area contributed by atoms with Gasteiger partial charge >= 0.3 is 0 Å². The van der Waals surface area contributed by atoms with Gasteiger partial charge in [0.2, 0.25) is 0 Å². The Kier molecular flexibility index (Phi) is 4.04. The maximum atomic E-state index is 12.9. The van der Waals surface area contributed by atoms with Crippen molar-refractivity contribution in [2.45, 2.75) is 25.9 Å². The van der Waals surface area contributed by atoms with Crippen LogP contribution in [0.25, 0.3) is 0 Å². The van der Waals surface area contributed by atoms with Gasteiger partial charge in [0.15, 0.2) is 0 Å². The first-order chi connectivity index (χ1) is 8.60. The Morgan fingerprint density at radius 2 is 2.11 bits per heavy atom. The van der Waals surface area contributed by atoms with Gasteiger partial charge in [0, 0.05) is 17.9 Å². The summed E-state index contributed by atoms with van der Waals surface area (Å²) in [5, 5.41) is 10.3. The van der Waals surface area contributed by atoms with E-state index in [1.54, 1.807) is 12.1 Å². The minimum absolute atomic E-state index is 0.301. The highest BCUT2D eigenvalue weighted by Gasteiger charge is 2.14. The van der Waals surface area contributed by atoms with Crippen molar-refractivity contribution in [2.24, 2.45) is 0 Å². The van der Waals surface area contributed by atoms with Crippen molar-refractivity contribution in [2.75, 3.05) is 0 Å². The molecule has 96 valence electrons. The summed E-state index contributed by atoms with van der Waals surface area (Å²) in [6.45, 7) is 1.98. The smallest absolute Gasteiger partial charge is 0.133 e. The number of aryl methyl sites for hydroxylation is 1. The minimum atomic E-state index is -0.770. The minimum Gasteiger partial charge on any atom is -0.463 e. The quantitative estimate of drug-likeness (QED) is 0.912. The summed E-state index contributed by atoms with van der Waals surface area (Å²) in [6, 6.07) is 7.73. The highest BCUT2D eigenvalue weighted by atomic mass is 35.5. The van der Waals surface area contributed by atoms with E-state index in [-0.39, 0.29) is 5.82 Å². The average molecular weight is 269 g/mol. The van der Waals surface area contributed by atoms with Crippen molar-refractivity contribution >= 4 is 11.6 Å². The molecule has 0 amide bonds. The molecular weight excluding hydrogens is 255 g/mol. The van der Waals surface area contributed by atoms with Gasteiger partial charge in [-0.15, -0.1) is 0 Å². The predicted molar refractivity (Wildman–Crippen MR) is 68.2 cm³/mol. The van der Waals surface area contributed by atoms with Gasteiger partial charge in [-0.25, -0.2) is 4.39 Å². The molecule has 1 aromatic carbocycles. The number of hydrogen-bond acceptors (Lipinski definition) is 2. The van der Waals surface area contributed by atoms with E-state index in [9.17, 15) is 9.50 Å². The topological polar surface area (TPSA) is 33.4 Å². The maximum absolute atomic E-state index is 12.9. The molecule has 1 atom stereocenters. The zero-order valence-electron chi connectivity index (χ0n) is 9.99. The van der Waals surface area contributed by atoms with Crippen LogP contribution in [0.15, 0.2) is 34.7 Å². The molecule has 18 heavy (non-hydrogen) atoms. The zero-order chi connectivity index (χ0) is 13.1. The van der Waals surface area contributed by atoms with Crippen molar-refractivity contribution in [1.29, 1.82) is 0 Å². The Hall–Kier alpha value is -1.32. The third-order valence-corrected chi connectivity index (χ3v) is 3.14. The van der Waals surface area contributed by atoms with Gasteiger partial charge in [0.1, 0.15) is 23.4 Å². The lowest BCUT2D eigenvalue weighted by molar-refractivity contribution is 0.148. The van der Waals surface area contributed by atoms with Crippen LogP contribution in [0.3, 0.4) is 0 Å². The molecule has 0 aliphatic heterocycles. The lowest BCUT2D eigenvalue weighted by atomic mass is 10.1. The molecule has 1 unspecified atom stereocenters. The third kappa shape index (κ3) is 2.92. The van der Waals surface area contributed by atoms with Crippen LogP contribution in [0.1, 0.15) is 30.1 Å². The van der Waals surface area contributed by atoms with E-state index in [0.717, 1.165) is 12.2 Å². The Balaban J connectivity index is 2.13. The van der Waals surface area contributed by atoms with Gasteiger partial charge in [-0.1, -0.05) is 24.6 Å². The molecule has 2 rings (SSSR count). The van der Waals surface area contributed by atoms with Crippen LogP contribution in [-0.2, 0) is 12.8 Å². The Labute approximate surface area is 110 Å². The van der Waals surface area contributed by atoms with Gasteiger partial charge in [0.25, 0.3) is 0 Å². The van der Waals surface area contributed by atoms with E-state index in [1.807, 2.05) is 13.0 Å². The van der Waals surface area contributed by atoms with Crippen molar-refractivity contribution in [3.63, 3.8) is 0 Å². The number of halogens is 2. The van der Waals surface area contributed by atoms with Crippen molar-refractivity contribution in [1.82, 2.24) is 0 Å². The van der Waals surface area contributed by atoms with Gasteiger partial charge in [-0.05, 0) is 29.8 Å². The zero-order valence-corrected chi connectivity index (χ0v) is 10.7. The summed E-state index contributed by atoms with van der Waals surface area (Å²) in [4.78, 5) is 0. The molecule has 0 radical (unpaired) electrons. The second kappa shape index (κ2) is 5.55. The monoisotopic (exact) mass is 268 g/mol. The fourth-order valence-electron chi connectivity index (χ4n) is 1.76. The van der Waals surface area contributed by atoms with Crippen molar-refractivity contribution < 1.29 is 13.9 Å².